The summed E-state index contributed by atoms with van der Waals surface area (Å²) in [5.74, 6) is -80.3. The van der Waals surface area contributed by atoms with Gasteiger partial charge in [-0.3, -0.25) is 4.99 Å². The summed E-state index contributed by atoms with van der Waals surface area (Å²) in [6.07, 6.45) is -15.4. The normalized spacial score (nSPS) is 15.3. The molecule has 5 nitrogen and oxygen atoms in total. The van der Waals surface area contributed by atoms with Crippen LogP contribution < -0.4 is 10.7 Å². The maximum absolute atomic E-state index is 14.5. The highest BCUT2D eigenvalue weighted by Gasteiger charge is 2.92. The third kappa shape index (κ3) is 7.95. The monoisotopic (exact) mass is 994 g/mol. The lowest BCUT2D eigenvalue weighted by atomic mass is 9.90. The van der Waals surface area contributed by atoms with Crippen LogP contribution in [0.1, 0.15) is 10.4 Å². The van der Waals surface area contributed by atoms with Crippen LogP contribution in [0.25, 0.3) is 33.4 Å². The highest BCUT2D eigenvalue weighted by Crippen LogP contribution is 2.62. The molecule has 0 spiro atoms. The molecule has 0 unspecified atom stereocenters. The molecular formula is C34H16F26N2O3. The standard InChI is InChI=1S/C34H16F26N2O3/c35-23(36,25(39,40)27(43,44)29(47,48)31(51,52)33(55,56)57)11-61-13-5-7-17-19(9-13)65-20-10-14(6-8-18(20)21(17)15-3-1-2-4-16(15)22(63)64)62-12-24(37,38)26(41,42)28(45,46)30(49,50)32(53,54)34(58,59)60/h1-10,61H,11-12H2,(H,63,64). The van der Waals surface area contributed by atoms with Crippen molar-refractivity contribution in [1.82, 2.24) is 0 Å². The van der Waals surface area contributed by atoms with Crippen molar-refractivity contribution in [1.29, 1.82) is 0 Å². The van der Waals surface area contributed by atoms with Crippen LogP contribution in [0, 0.1) is 0 Å². The second kappa shape index (κ2) is 15.6. The molecule has 0 aromatic heterocycles. The molecular weight excluding hydrogens is 978 g/mol. The molecule has 4 rings (SSSR count). The van der Waals surface area contributed by atoms with Crippen LogP contribution in [0.5, 0.6) is 0 Å². The molecule has 2 N–H and O–H groups in total. The van der Waals surface area contributed by atoms with E-state index < -0.39 is 130 Å². The van der Waals surface area contributed by atoms with Crippen LogP contribution in [-0.2, 0) is 0 Å². The molecule has 0 saturated carbocycles. The molecule has 1 aliphatic carbocycles. The fourth-order valence-corrected chi connectivity index (χ4v) is 5.48. The van der Waals surface area contributed by atoms with Gasteiger partial charge in [0.25, 0.3) is 0 Å². The Morgan fingerprint density at radius 2 is 0.985 bits per heavy atom. The van der Waals surface area contributed by atoms with Gasteiger partial charge in [-0.2, -0.15) is 114 Å². The number of hydrogen-bond donors (Lipinski definition) is 2. The van der Waals surface area contributed by atoms with Gasteiger partial charge in [0.15, 0.2) is 0 Å². The number of halogens is 26. The van der Waals surface area contributed by atoms with Crippen molar-refractivity contribution in [3.8, 4) is 22.5 Å². The Hall–Kier alpha value is -5.42. The molecule has 362 valence electrons. The molecule has 2 aliphatic rings. The van der Waals surface area contributed by atoms with E-state index in [1.54, 1.807) is 0 Å². The predicted molar refractivity (Wildman–Crippen MR) is 166 cm³/mol. The molecule has 2 aromatic rings. The molecule has 0 saturated heterocycles. The zero-order chi connectivity index (χ0) is 50.4. The number of carboxylic acid groups (broad SMARTS) is 1. The van der Waals surface area contributed by atoms with Crippen molar-refractivity contribution >= 4 is 22.6 Å². The number of benzene rings is 3. The minimum atomic E-state index is -8.24. The van der Waals surface area contributed by atoms with E-state index >= 15 is 0 Å². The molecule has 65 heavy (non-hydrogen) atoms. The minimum Gasteiger partial charge on any atom is -0.478 e. The van der Waals surface area contributed by atoms with E-state index in [0.29, 0.717) is 30.3 Å². The summed E-state index contributed by atoms with van der Waals surface area (Å²) < 4.78 is 359. The molecule has 0 atom stereocenters. The minimum absolute atomic E-state index is 0.341. The number of carboxylic acids is 1. The number of aromatic carboxylic acids is 1. The number of carbonyl (C=O) groups is 1. The van der Waals surface area contributed by atoms with Crippen molar-refractivity contribution in [2.75, 3.05) is 18.4 Å². The first-order valence-corrected chi connectivity index (χ1v) is 16.4. The van der Waals surface area contributed by atoms with Crippen molar-refractivity contribution in [2.45, 2.75) is 71.6 Å². The molecule has 0 fully saturated rings. The number of nitrogens with one attached hydrogen (secondary N) is 1. The smallest absolute Gasteiger partial charge is 0.460 e. The molecule has 1 heterocycles. The maximum Gasteiger partial charge on any atom is 0.460 e. The highest BCUT2D eigenvalue weighted by molar-refractivity contribution is 6.07. The Bertz CT molecular complexity index is 2470. The molecule has 0 amide bonds. The summed E-state index contributed by atoms with van der Waals surface area (Å²) >= 11 is 0. The summed E-state index contributed by atoms with van der Waals surface area (Å²) in [6.45, 7) is -6.12. The number of rotatable bonds is 15. The van der Waals surface area contributed by atoms with Crippen molar-refractivity contribution in [3.63, 3.8) is 0 Å². The number of nitrogens with zero attached hydrogens (tertiary/aromatic N) is 1. The second-order valence-electron chi connectivity index (χ2n) is 13.4. The van der Waals surface area contributed by atoms with E-state index in [9.17, 15) is 124 Å². The van der Waals surface area contributed by atoms with Crippen LogP contribution >= 0.6 is 0 Å². The summed E-state index contributed by atoms with van der Waals surface area (Å²) in [5.41, 5.74) is -3.69. The van der Waals surface area contributed by atoms with Gasteiger partial charge in [-0.25, -0.2) is 4.79 Å². The maximum atomic E-state index is 14.5. The number of anilines is 1. The van der Waals surface area contributed by atoms with Crippen LogP contribution in [-0.4, -0.2) is 95.7 Å². The number of hydrogen-bond acceptors (Lipinski definition) is 4. The molecule has 1 aliphatic heterocycles. The van der Waals surface area contributed by atoms with Crippen LogP contribution in [0.3, 0.4) is 0 Å². The Morgan fingerprint density at radius 3 is 1.46 bits per heavy atom. The summed E-state index contributed by atoms with van der Waals surface area (Å²) in [7, 11) is 0. The quantitative estimate of drug-likeness (QED) is 0.0919. The lowest BCUT2D eigenvalue weighted by Gasteiger charge is -2.39. The van der Waals surface area contributed by atoms with Crippen molar-refractivity contribution < 1.29 is 128 Å². The van der Waals surface area contributed by atoms with E-state index in [1.165, 1.54) is 5.32 Å². The molecule has 31 heteroatoms. The van der Waals surface area contributed by atoms with E-state index in [4.69, 9.17) is 4.42 Å². The Morgan fingerprint density at radius 1 is 0.523 bits per heavy atom. The van der Waals surface area contributed by atoms with Crippen LogP contribution in [0.15, 0.2) is 70.1 Å². The molecule has 0 radical (unpaired) electrons. The first-order chi connectivity index (χ1) is 28.9. The highest BCUT2D eigenvalue weighted by atomic mass is 19.4. The van der Waals surface area contributed by atoms with E-state index in [0.717, 1.165) is 30.3 Å². The van der Waals surface area contributed by atoms with Gasteiger partial charge < -0.3 is 14.8 Å². The van der Waals surface area contributed by atoms with Gasteiger partial charge in [-0.05, 0) is 35.9 Å². The van der Waals surface area contributed by atoms with E-state index in [-0.39, 0.29) is 11.1 Å². The molecule has 0 bridgehead atoms. The fraction of sp³-hybridized carbons (Fsp3) is 0.412. The van der Waals surface area contributed by atoms with Crippen molar-refractivity contribution in [3.05, 3.63) is 71.6 Å². The number of alkyl halides is 26. The third-order valence-electron chi connectivity index (χ3n) is 9.10. The average Bonchev–Trinajstić information content (AvgIpc) is 3.16. The second-order valence-corrected chi connectivity index (χ2v) is 13.4. The predicted octanol–water partition coefficient (Wildman–Crippen LogP) is 12.7. The van der Waals surface area contributed by atoms with Gasteiger partial charge in [-0.15, -0.1) is 0 Å². The van der Waals surface area contributed by atoms with Gasteiger partial charge in [0.2, 0.25) is 0 Å². The Labute approximate surface area is 340 Å². The average molecular weight is 994 g/mol. The Kier molecular flexibility index (Phi) is 12.5. The van der Waals surface area contributed by atoms with Crippen molar-refractivity contribution in [2.24, 2.45) is 4.99 Å². The van der Waals surface area contributed by atoms with Gasteiger partial charge in [0.05, 0.1) is 17.5 Å². The largest absolute Gasteiger partial charge is 0.478 e. The SMILES string of the molecule is O=C(O)c1ccccc1-c1c2ccc(=NCC(F)(F)C(F)(F)C(F)(F)C(F)(F)C(F)(F)C(F)(F)F)cc-2oc2cc(NCC(F)(F)C(F)(F)C(F)(F)C(F)(F)C(F)(F)C(F)(F)F)ccc12. The third-order valence-corrected chi connectivity index (χ3v) is 9.10. The molecule has 2 aromatic carbocycles. The fourth-order valence-electron chi connectivity index (χ4n) is 5.48. The van der Waals surface area contributed by atoms with Gasteiger partial charge in [0, 0.05) is 34.3 Å². The zero-order valence-corrected chi connectivity index (χ0v) is 30.2. The lowest BCUT2D eigenvalue weighted by molar-refractivity contribution is -0.438. The lowest BCUT2D eigenvalue weighted by Crippen LogP contribution is -2.70. The summed E-state index contributed by atoms with van der Waals surface area (Å²) in [6, 6.07) is 7.43. The first kappa shape index (κ1) is 52.2. The zero-order valence-electron chi connectivity index (χ0n) is 30.2. The van der Waals surface area contributed by atoms with E-state index in [1.807, 2.05) is 0 Å². The summed E-state index contributed by atoms with van der Waals surface area (Å²) in [5, 5.41) is 9.43. The van der Waals surface area contributed by atoms with Gasteiger partial charge in [0.1, 0.15) is 17.9 Å². The topological polar surface area (TPSA) is 74.8 Å². The van der Waals surface area contributed by atoms with Gasteiger partial charge >= 0.3 is 77.5 Å². The number of fused-ring (bicyclic) bond motifs is 2. The van der Waals surface area contributed by atoms with Crippen LogP contribution in [0.2, 0.25) is 0 Å². The van der Waals surface area contributed by atoms with Gasteiger partial charge in [-0.1, -0.05) is 18.2 Å². The summed E-state index contributed by atoms with van der Waals surface area (Å²) in [4.78, 5) is 14.8. The van der Waals surface area contributed by atoms with Crippen LogP contribution in [0.4, 0.5) is 120 Å². The first-order valence-electron chi connectivity index (χ1n) is 16.4. The van der Waals surface area contributed by atoms with E-state index in [2.05, 4.69) is 4.99 Å². The Balaban J connectivity index is 1.85.